The number of halogens is 9. The predicted molar refractivity (Wildman–Crippen MR) is 52.3 cm³/mol. The SMILES string of the molecule is C[CH2][Sn]([O]CC(F)(F)F)([O]CC(F)(F)F)[O]CC(F)(F)F. The standard InChI is InChI=1S/3C2H2F3O.C2H5.Sn/c3*3-2(4,5)1-6;1-2;/h3*1H2;1H2,2H3;/q3*-1;;+3. The van der Waals surface area contributed by atoms with Crippen LogP contribution >= 0.6 is 0 Å². The first-order chi connectivity index (χ1) is 9.18. The summed E-state index contributed by atoms with van der Waals surface area (Å²) in [6.45, 7) is -5.06. The summed E-state index contributed by atoms with van der Waals surface area (Å²) in [4.78, 5) is 0. The van der Waals surface area contributed by atoms with Crippen molar-refractivity contribution in [3.63, 3.8) is 0 Å². The van der Waals surface area contributed by atoms with Gasteiger partial charge in [-0.2, -0.15) is 0 Å². The van der Waals surface area contributed by atoms with Gasteiger partial charge in [0.15, 0.2) is 0 Å². The Bertz CT molecular complexity index is 266. The van der Waals surface area contributed by atoms with Crippen LogP contribution in [0.1, 0.15) is 6.92 Å². The van der Waals surface area contributed by atoms with Crippen LogP contribution in [0, 0.1) is 0 Å². The second kappa shape index (κ2) is 7.55. The van der Waals surface area contributed by atoms with E-state index in [4.69, 9.17) is 0 Å². The predicted octanol–water partition coefficient (Wildman–Crippen LogP) is 3.68. The minimum absolute atomic E-state index is 0.614. The zero-order chi connectivity index (χ0) is 16.9. The molecule has 0 saturated heterocycles. The van der Waals surface area contributed by atoms with Gasteiger partial charge in [0.05, 0.1) is 0 Å². The molecule has 0 rings (SSSR count). The quantitative estimate of drug-likeness (QED) is 0.443. The average molecular weight is 445 g/mol. The van der Waals surface area contributed by atoms with Crippen LogP contribution in [0.25, 0.3) is 0 Å². The van der Waals surface area contributed by atoms with E-state index in [1.54, 1.807) is 0 Å². The van der Waals surface area contributed by atoms with Crippen molar-refractivity contribution in [1.29, 1.82) is 0 Å². The number of hydrogen-bond donors (Lipinski definition) is 0. The molecular weight excluding hydrogens is 434 g/mol. The van der Waals surface area contributed by atoms with Gasteiger partial charge in [-0.05, 0) is 0 Å². The Balaban J connectivity index is 4.91. The molecule has 0 N–H and O–H groups in total. The van der Waals surface area contributed by atoms with Crippen molar-refractivity contribution in [3.05, 3.63) is 0 Å². The van der Waals surface area contributed by atoms with Crippen molar-refractivity contribution in [1.82, 2.24) is 0 Å². The van der Waals surface area contributed by atoms with E-state index in [1.165, 1.54) is 0 Å². The van der Waals surface area contributed by atoms with Gasteiger partial charge in [0.2, 0.25) is 0 Å². The van der Waals surface area contributed by atoms with Gasteiger partial charge >= 0.3 is 118 Å². The molecule has 0 spiro atoms. The van der Waals surface area contributed by atoms with E-state index in [1.807, 2.05) is 0 Å². The fourth-order valence-corrected chi connectivity index (χ4v) is 6.75. The Morgan fingerprint density at radius 2 is 0.857 bits per heavy atom. The second-order valence-corrected chi connectivity index (χ2v) is 12.1. The molecule has 0 unspecified atom stereocenters. The van der Waals surface area contributed by atoms with E-state index in [0.29, 0.717) is 0 Å². The molecule has 21 heavy (non-hydrogen) atoms. The van der Waals surface area contributed by atoms with Crippen LogP contribution < -0.4 is 0 Å². The molecule has 0 atom stereocenters. The van der Waals surface area contributed by atoms with Crippen molar-refractivity contribution >= 4 is 19.6 Å². The van der Waals surface area contributed by atoms with Crippen LogP contribution in [-0.2, 0) is 9.22 Å². The van der Waals surface area contributed by atoms with Gasteiger partial charge in [0, 0.05) is 0 Å². The van der Waals surface area contributed by atoms with Crippen LogP contribution in [0.4, 0.5) is 39.5 Å². The number of rotatable bonds is 7. The van der Waals surface area contributed by atoms with Gasteiger partial charge in [-0.1, -0.05) is 0 Å². The van der Waals surface area contributed by atoms with E-state index in [-0.39, 0.29) is 0 Å². The van der Waals surface area contributed by atoms with Gasteiger partial charge in [0.1, 0.15) is 0 Å². The molecule has 0 amide bonds. The van der Waals surface area contributed by atoms with Gasteiger partial charge < -0.3 is 0 Å². The third kappa shape index (κ3) is 11.3. The topological polar surface area (TPSA) is 27.7 Å². The van der Waals surface area contributed by atoms with Gasteiger partial charge in [-0.25, -0.2) is 0 Å². The van der Waals surface area contributed by atoms with Crippen LogP contribution in [0.5, 0.6) is 0 Å². The molecule has 3 nitrogen and oxygen atoms in total. The monoisotopic (exact) mass is 446 g/mol. The van der Waals surface area contributed by atoms with Crippen molar-refractivity contribution < 1.29 is 48.7 Å². The summed E-state index contributed by atoms with van der Waals surface area (Å²) in [5.74, 6) is 0. The van der Waals surface area contributed by atoms with Crippen LogP contribution in [0.15, 0.2) is 0 Å². The Labute approximate surface area is 118 Å². The molecule has 0 aromatic rings. The Morgan fingerprint density at radius 1 is 0.619 bits per heavy atom. The molecule has 0 fully saturated rings. The van der Waals surface area contributed by atoms with Crippen LogP contribution in [0.3, 0.4) is 0 Å². The summed E-state index contributed by atoms with van der Waals surface area (Å²) in [6, 6.07) is 0. The molecule has 0 aliphatic rings. The van der Waals surface area contributed by atoms with Crippen LogP contribution in [0.2, 0.25) is 4.44 Å². The summed E-state index contributed by atoms with van der Waals surface area (Å²) in [6.07, 6.45) is -14.8. The third-order valence-corrected chi connectivity index (χ3v) is 9.27. The first-order valence-corrected chi connectivity index (χ1v) is 10.8. The molecule has 0 aromatic carbocycles. The minimum atomic E-state index is -5.61. The fraction of sp³-hybridized carbons (Fsp3) is 1.00. The summed E-state index contributed by atoms with van der Waals surface area (Å²) in [5, 5.41) is 0. The van der Waals surface area contributed by atoms with Crippen molar-refractivity contribution in [2.45, 2.75) is 29.9 Å². The van der Waals surface area contributed by atoms with E-state index in [0.717, 1.165) is 6.92 Å². The summed E-state index contributed by atoms with van der Waals surface area (Å²) in [5.41, 5.74) is 0. The molecule has 128 valence electrons. The number of hydrogen-bond acceptors (Lipinski definition) is 3. The molecule has 13 heteroatoms. The first-order valence-electron chi connectivity index (χ1n) is 5.30. The molecular formula is C8H11F9O3Sn. The first kappa shape index (κ1) is 21.0. The Kier molecular flexibility index (Phi) is 7.56. The Hall–Kier alpha value is 0.0487. The molecule has 0 aliphatic carbocycles. The maximum atomic E-state index is 12.0. The molecule has 0 heterocycles. The van der Waals surface area contributed by atoms with E-state index in [2.05, 4.69) is 9.22 Å². The van der Waals surface area contributed by atoms with Gasteiger partial charge in [-0.15, -0.1) is 0 Å². The van der Waals surface area contributed by atoms with Gasteiger partial charge in [0.25, 0.3) is 0 Å². The van der Waals surface area contributed by atoms with Gasteiger partial charge in [-0.3, -0.25) is 0 Å². The Morgan fingerprint density at radius 3 is 1.00 bits per heavy atom. The molecule has 0 bridgehead atoms. The van der Waals surface area contributed by atoms with E-state index in [9.17, 15) is 39.5 Å². The molecule has 0 radical (unpaired) electrons. The van der Waals surface area contributed by atoms with Crippen molar-refractivity contribution in [2.24, 2.45) is 0 Å². The van der Waals surface area contributed by atoms with E-state index >= 15 is 0 Å². The van der Waals surface area contributed by atoms with Crippen molar-refractivity contribution in [2.75, 3.05) is 19.8 Å². The maximum absolute atomic E-state index is 12.0. The van der Waals surface area contributed by atoms with Crippen LogP contribution in [-0.4, -0.2) is 58.0 Å². The zero-order valence-electron chi connectivity index (χ0n) is 10.5. The molecule has 0 saturated carbocycles. The zero-order valence-corrected chi connectivity index (χ0v) is 13.3. The summed E-state index contributed by atoms with van der Waals surface area (Å²) < 4.78 is 120. The second-order valence-electron chi connectivity index (χ2n) is 3.75. The summed E-state index contributed by atoms with van der Waals surface area (Å²) >= 11 is -5.61. The number of alkyl halides is 9. The average Bonchev–Trinajstić information content (AvgIpc) is 2.25. The third-order valence-electron chi connectivity index (χ3n) is 1.80. The van der Waals surface area contributed by atoms with Crippen molar-refractivity contribution in [3.8, 4) is 0 Å². The molecule has 0 aliphatic heterocycles. The van der Waals surface area contributed by atoms with E-state index < -0.39 is 62.4 Å². The normalized spacial score (nSPS) is 14.6. The summed E-state index contributed by atoms with van der Waals surface area (Å²) in [7, 11) is 0. The fourth-order valence-electron chi connectivity index (χ4n) is 1.01. The molecule has 0 aromatic heterocycles.